The smallest absolute Gasteiger partial charge is 0.0723 e. The minimum absolute atomic E-state index is 0. The predicted molar refractivity (Wildman–Crippen MR) is 112 cm³/mol. The highest BCUT2D eigenvalue weighted by Crippen LogP contribution is 2.40. The van der Waals surface area contributed by atoms with E-state index in [9.17, 15) is 0 Å². The SMILES string of the molecule is Cc1ccc(Sc2cnc3ccccc3c2N2CCOCC2)cc1C.Cl. The van der Waals surface area contributed by atoms with Crippen molar-refractivity contribution < 1.29 is 4.74 Å². The third-order valence-corrected chi connectivity index (χ3v) is 5.76. The Bertz CT molecular complexity index is 910. The van der Waals surface area contributed by atoms with Gasteiger partial charge in [0.2, 0.25) is 0 Å². The van der Waals surface area contributed by atoms with Crippen molar-refractivity contribution in [3.05, 3.63) is 59.8 Å². The van der Waals surface area contributed by atoms with Crippen LogP contribution in [-0.2, 0) is 4.74 Å². The zero-order valence-electron chi connectivity index (χ0n) is 15.1. The first kappa shape index (κ1) is 19.0. The Kier molecular flexibility index (Phi) is 6.07. The second-order valence-corrected chi connectivity index (χ2v) is 7.55. The van der Waals surface area contributed by atoms with Gasteiger partial charge in [-0.2, -0.15) is 0 Å². The summed E-state index contributed by atoms with van der Waals surface area (Å²) < 4.78 is 5.56. The summed E-state index contributed by atoms with van der Waals surface area (Å²) >= 11 is 1.80. The molecule has 26 heavy (non-hydrogen) atoms. The zero-order valence-corrected chi connectivity index (χ0v) is 16.7. The molecule has 5 heteroatoms. The van der Waals surface area contributed by atoms with Crippen molar-refractivity contribution in [2.45, 2.75) is 23.6 Å². The van der Waals surface area contributed by atoms with Crippen LogP contribution in [0.5, 0.6) is 0 Å². The van der Waals surface area contributed by atoms with Gasteiger partial charge in [0.15, 0.2) is 0 Å². The molecule has 0 spiro atoms. The lowest BCUT2D eigenvalue weighted by molar-refractivity contribution is 0.122. The van der Waals surface area contributed by atoms with E-state index >= 15 is 0 Å². The Hall–Kier alpha value is -1.75. The van der Waals surface area contributed by atoms with Crippen molar-refractivity contribution in [1.82, 2.24) is 4.98 Å². The maximum atomic E-state index is 5.56. The van der Waals surface area contributed by atoms with Gasteiger partial charge in [0.1, 0.15) is 0 Å². The van der Waals surface area contributed by atoms with Crippen molar-refractivity contribution in [1.29, 1.82) is 0 Å². The van der Waals surface area contributed by atoms with Crippen LogP contribution in [0.25, 0.3) is 10.9 Å². The summed E-state index contributed by atoms with van der Waals surface area (Å²) in [6.07, 6.45) is 2.02. The molecule has 3 nitrogen and oxygen atoms in total. The molecule has 0 unspecified atom stereocenters. The van der Waals surface area contributed by atoms with Gasteiger partial charge in [-0.15, -0.1) is 12.4 Å². The number of ether oxygens (including phenoxy) is 1. The fourth-order valence-electron chi connectivity index (χ4n) is 3.20. The molecule has 1 saturated heterocycles. The summed E-state index contributed by atoms with van der Waals surface area (Å²) in [5, 5.41) is 1.22. The number of rotatable bonds is 3. The number of benzene rings is 2. The molecule has 0 amide bonds. The molecule has 3 aromatic rings. The van der Waals surface area contributed by atoms with Crippen molar-refractivity contribution in [3.8, 4) is 0 Å². The summed E-state index contributed by atoms with van der Waals surface area (Å²) in [5.74, 6) is 0. The molecule has 136 valence electrons. The number of nitrogens with zero attached hydrogens (tertiary/aromatic N) is 2. The normalized spacial score (nSPS) is 14.3. The number of para-hydroxylation sites is 1. The number of fused-ring (bicyclic) bond motifs is 1. The average Bonchev–Trinajstić information content (AvgIpc) is 2.65. The van der Waals surface area contributed by atoms with Crippen LogP contribution in [-0.4, -0.2) is 31.3 Å². The van der Waals surface area contributed by atoms with Crippen molar-refractivity contribution in [2.24, 2.45) is 0 Å². The highest BCUT2D eigenvalue weighted by atomic mass is 35.5. The van der Waals surface area contributed by atoms with E-state index < -0.39 is 0 Å². The fraction of sp³-hybridized carbons (Fsp3) is 0.286. The summed E-state index contributed by atoms with van der Waals surface area (Å²) in [7, 11) is 0. The van der Waals surface area contributed by atoms with Gasteiger partial charge in [-0.05, 0) is 43.2 Å². The van der Waals surface area contributed by atoms with Crippen molar-refractivity contribution in [2.75, 3.05) is 31.2 Å². The van der Waals surface area contributed by atoms with E-state index in [4.69, 9.17) is 9.72 Å². The standard InChI is InChI=1S/C21H22N2OS.ClH/c1-15-7-8-17(13-16(15)2)25-20-14-22-19-6-4-3-5-18(19)21(20)23-9-11-24-12-10-23;/h3-8,13-14H,9-12H2,1-2H3;1H. The van der Waals surface area contributed by atoms with Crippen LogP contribution in [0.3, 0.4) is 0 Å². The van der Waals surface area contributed by atoms with Gasteiger partial charge < -0.3 is 9.64 Å². The molecule has 2 heterocycles. The number of hydrogen-bond donors (Lipinski definition) is 0. The van der Waals surface area contributed by atoms with Crippen LogP contribution < -0.4 is 4.90 Å². The number of aromatic nitrogens is 1. The van der Waals surface area contributed by atoms with Crippen LogP contribution in [0.15, 0.2) is 58.5 Å². The van der Waals surface area contributed by atoms with E-state index in [1.807, 2.05) is 6.20 Å². The Morgan fingerprint density at radius 2 is 1.77 bits per heavy atom. The second-order valence-electron chi connectivity index (χ2n) is 6.44. The molecular weight excluding hydrogens is 364 g/mol. The Balaban J connectivity index is 0.00000196. The molecule has 1 aromatic heterocycles. The van der Waals surface area contributed by atoms with Gasteiger partial charge in [-0.1, -0.05) is 36.0 Å². The largest absolute Gasteiger partial charge is 0.378 e. The topological polar surface area (TPSA) is 25.4 Å². The maximum Gasteiger partial charge on any atom is 0.0723 e. The molecule has 0 saturated carbocycles. The average molecular weight is 387 g/mol. The fourth-order valence-corrected chi connectivity index (χ4v) is 4.27. The van der Waals surface area contributed by atoms with E-state index in [0.29, 0.717) is 0 Å². The van der Waals surface area contributed by atoms with E-state index in [2.05, 4.69) is 61.2 Å². The Morgan fingerprint density at radius 1 is 1.00 bits per heavy atom. The van der Waals surface area contributed by atoms with Crippen LogP contribution in [0.1, 0.15) is 11.1 Å². The minimum Gasteiger partial charge on any atom is -0.378 e. The number of aryl methyl sites for hydroxylation is 2. The van der Waals surface area contributed by atoms with E-state index in [-0.39, 0.29) is 12.4 Å². The van der Waals surface area contributed by atoms with Gasteiger partial charge in [0.25, 0.3) is 0 Å². The van der Waals surface area contributed by atoms with Gasteiger partial charge >= 0.3 is 0 Å². The lowest BCUT2D eigenvalue weighted by Crippen LogP contribution is -2.36. The quantitative estimate of drug-likeness (QED) is 0.613. The van der Waals surface area contributed by atoms with Crippen LogP contribution >= 0.6 is 24.2 Å². The van der Waals surface area contributed by atoms with Gasteiger partial charge in [0.05, 0.1) is 29.3 Å². The number of pyridine rings is 1. The zero-order chi connectivity index (χ0) is 17.2. The van der Waals surface area contributed by atoms with Crippen LogP contribution in [0.2, 0.25) is 0 Å². The summed E-state index contributed by atoms with van der Waals surface area (Å²) in [4.78, 5) is 9.61. The number of morpholine rings is 1. The molecule has 1 aliphatic rings. The first-order valence-electron chi connectivity index (χ1n) is 8.68. The molecule has 0 aliphatic carbocycles. The van der Waals surface area contributed by atoms with Crippen LogP contribution in [0, 0.1) is 13.8 Å². The number of hydrogen-bond acceptors (Lipinski definition) is 4. The summed E-state index contributed by atoms with van der Waals surface area (Å²) in [6, 6.07) is 15.1. The summed E-state index contributed by atoms with van der Waals surface area (Å²) in [5.41, 5.74) is 4.99. The third kappa shape index (κ3) is 3.83. The van der Waals surface area contributed by atoms with E-state index in [1.54, 1.807) is 11.8 Å². The third-order valence-electron chi connectivity index (χ3n) is 4.75. The lowest BCUT2D eigenvalue weighted by Gasteiger charge is -2.31. The Labute approximate surface area is 165 Å². The molecule has 0 bridgehead atoms. The first-order chi connectivity index (χ1) is 12.2. The minimum atomic E-state index is 0. The molecule has 1 fully saturated rings. The van der Waals surface area contributed by atoms with Gasteiger partial charge in [-0.25, -0.2) is 0 Å². The summed E-state index contributed by atoms with van der Waals surface area (Å²) in [6.45, 7) is 7.74. The van der Waals surface area contributed by atoms with Crippen molar-refractivity contribution >= 4 is 40.8 Å². The molecule has 2 aromatic carbocycles. The molecule has 0 N–H and O–H groups in total. The molecule has 1 aliphatic heterocycles. The second kappa shape index (κ2) is 8.30. The van der Waals surface area contributed by atoms with Gasteiger partial charge in [-0.3, -0.25) is 4.98 Å². The molecular formula is C21H23ClN2OS. The van der Waals surface area contributed by atoms with Gasteiger partial charge in [0, 0.05) is 29.6 Å². The van der Waals surface area contributed by atoms with Crippen LogP contribution in [0.4, 0.5) is 5.69 Å². The predicted octanol–water partition coefficient (Wildman–Crippen LogP) is 5.26. The Morgan fingerprint density at radius 3 is 2.54 bits per heavy atom. The monoisotopic (exact) mass is 386 g/mol. The maximum absolute atomic E-state index is 5.56. The van der Waals surface area contributed by atoms with E-state index in [0.717, 1.165) is 31.8 Å². The molecule has 0 radical (unpaired) electrons. The highest BCUT2D eigenvalue weighted by molar-refractivity contribution is 7.99. The highest BCUT2D eigenvalue weighted by Gasteiger charge is 2.19. The number of halogens is 1. The molecule has 0 atom stereocenters. The van der Waals surface area contributed by atoms with E-state index in [1.165, 1.54) is 32.0 Å². The first-order valence-corrected chi connectivity index (χ1v) is 9.49. The number of anilines is 1. The lowest BCUT2D eigenvalue weighted by atomic mass is 10.1. The molecule has 4 rings (SSSR count). The van der Waals surface area contributed by atoms with Crippen molar-refractivity contribution in [3.63, 3.8) is 0 Å².